The first-order valence-corrected chi connectivity index (χ1v) is 11.6. The SMILES string of the molecule is O=S(=O)(c1ccc(F)cc1)N1CCC2=C(C1)[C@@H](CO)C1=CNN(c3ccc(F)cc3)C1=C2. The van der Waals surface area contributed by atoms with Gasteiger partial charge in [0.25, 0.3) is 0 Å². The molecule has 0 saturated carbocycles. The zero-order chi connectivity index (χ0) is 22.5. The topological polar surface area (TPSA) is 72.9 Å². The van der Waals surface area contributed by atoms with Gasteiger partial charge in [0, 0.05) is 30.8 Å². The van der Waals surface area contributed by atoms with Gasteiger partial charge in [-0.05, 0) is 72.2 Å². The molecule has 2 aliphatic heterocycles. The highest BCUT2D eigenvalue weighted by Gasteiger charge is 2.39. The van der Waals surface area contributed by atoms with Crippen LogP contribution in [0.2, 0.25) is 0 Å². The minimum atomic E-state index is -3.79. The molecule has 5 rings (SSSR count). The normalized spacial score (nSPS) is 21.0. The predicted octanol–water partition coefficient (Wildman–Crippen LogP) is 3.07. The zero-order valence-corrected chi connectivity index (χ0v) is 17.8. The lowest BCUT2D eigenvalue weighted by Crippen LogP contribution is -2.40. The lowest BCUT2D eigenvalue weighted by Gasteiger charge is -2.37. The fraction of sp³-hybridized carbons (Fsp3) is 0.217. The number of fused-ring (bicyclic) bond motifs is 1. The van der Waals surface area contributed by atoms with Crippen molar-refractivity contribution < 1.29 is 22.3 Å². The van der Waals surface area contributed by atoms with E-state index in [1.165, 1.54) is 28.6 Å². The number of hydrogen-bond acceptors (Lipinski definition) is 5. The van der Waals surface area contributed by atoms with Crippen LogP contribution in [0.4, 0.5) is 14.5 Å². The Balaban J connectivity index is 1.47. The van der Waals surface area contributed by atoms with E-state index in [-0.39, 0.29) is 36.3 Å². The predicted molar refractivity (Wildman–Crippen MR) is 116 cm³/mol. The molecular weight excluding hydrogens is 436 g/mol. The molecule has 0 saturated heterocycles. The van der Waals surface area contributed by atoms with Gasteiger partial charge < -0.3 is 10.5 Å². The van der Waals surface area contributed by atoms with Crippen LogP contribution in [0.25, 0.3) is 0 Å². The Morgan fingerprint density at radius 3 is 2.34 bits per heavy atom. The first-order chi connectivity index (χ1) is 15.4. The van der Waals surface area contributed by atoms with Gasteiger partial charge in [0.1, 0.15) is 11.6 Å². The van der Waals surface area contributed by atoms with Gasteiger partial charge in [0.05, 0.1) is 22.9 Å². The molecule has 0 radical (unpaired) electrons. The van der Waals surface area contributed by atoms with Gasteiger partial charge in [-0.3, -0.25) is 5.01 Å². The summed E-state index contributed by atoms with van der Waals surface area (Å²) in [5, 5.41) is 12.0. The number of aliphatic hydroxyl groups excluding tert-OH is 1. The summed E-state index contributed by atoms with van der Waals surface area (Å²) in [5.41, 5.74) is 7.44. The number of aliphatic hydroxyl groups is 1. The van der Waals surface area contributed by atoms with E-state index in [0.717, 1.165) is 40.2 Å². The molecule has 1 atom stereocenters. The maximum absolute atomic E-state index is 13.3. The van der Waals surface area contributed by atoms with E-state index in [1.807, 2.05) is 11.1 Å². The molecule has 1 aliphatic carbocycles. The molecule has 0 amide bonds. The van der Waals surface area contributed by atoms with Crippen LogP contribution >= 0.6 is 0 Å². The van der Waals surface area contributed by atoms with Crippen LogP contribution in [0.15, 0.2) is 88.1 Å². The molecule has 0 aromatic heterocycles. The second-order valence-corrected chi connectivity index (χ2v) is 9.84. The van der Waals surface area contributed by atoms with E-state index in [2.05, 4.69) is 5.43 Å². The van der Waals surface area contributed by atoms with E-state index >= 15 is 0 Å². The summed E-state index contributed by atoms with van der Waals surface area (Å²) in [4.78, 5) is 0.0415. The molecular formula is C23H21F2N3O3S. The minimum Gasteiger partial charge on any atom is -0.395 e. The number of halogens is 2. The highest BCUT2D eigenvalue weighted by molar-refractivity contribution is 7.89. The van der Waals surface area contributed by atoms with Crippen molar-refractivity contribution in [3.05, 3.63) is 94.9 Å². The third kappa shape index (κ3) is 3.42. The van der Waals surface area contributed by atoms with E-state index in [9.17, 15) is 22.3 Å². The Morgan fingerprint density at radius 1 is 1.03 bits per heavy atom. The molecule has 2 N–H and O–H groups in total. The molecule has 6 nitrogen and oxygen atoms in total. The number of sulfonamides is 1. The minimum absolute atomic E-state index is 0.0415. The molecule has 0 spiro atoms. The zero-order valence-electron chi connectivity index (χ0n) is 17.0. The third-order valence-electron chi connectivity index (χ3n) is 6.10. The highest BCUT2D eigenvalue weighted by atomic mass is 32.2. The van der Waals surface area contributed by atoms with Gasteiger partial charge in [0.15, 0.2) is 0 Å². The summed E-state index contributed by atoms with van der Waals surface area (Å²) in [7, 11) is -3.79. The monoisotopic (exact) mass is 457 g/mol. The maximum Gasteiger partial charge on any atom is 0.243 e. The summed E-state index contributed by atoms with van der Waals surface area (Å²) in [6, 6.07) is 10.9. The van der Waals surface area contributed by atoms with Crippen molar-refractivity contribution in [1.29, 1.82) is 0 Å². The second kappa shape index (κ2) is 7.84. The number of nitrogens with zero attached hydrogens (tertiary/aromatic N) is 2. The molecule has 2 heterocycles. The fourth-order valence-electron chi connectivity index (χ4n) is 4.43. The molecule has 0 fully saturated rings. The molecule has 2 aromatic rings. The van der Waals surface area contributed by atoms with Crippen LogP contribution in [0.3, 0.4) is 0 Å². The van der Waals surface area contributed by atoms with Crippen LogP contribution in [0.1, 0.15) is 6.42 Å². The summed E-state index contributed by atoms with van der Waals surface area (Å²) >= 11 is 0. The summed E-state index contributed by atoms with van der Waals surface area (Å²) in [6.45, 7) is 0.257. The number of benzene rings is 2. The average molecular weight is 458 g/mol. The number of hydrogen-bond donors (Lipinski definition) is 2. The van der Waals surface area contributed by atoms with E-state index in [1.54, 1.807) is 18.3 Å². The maximum atomic E-state index is 13.3. The number of rotatable bonds is 4. The second-order valence-electron chi connectivity index (χ2n) is 7.90. The van der Waals surface area contributed by atoms with Crippen molar-refractivity contribution in [1.82, 2.24) is 9.73 Å². The molecule has 32 heavy (non-hydrogen) atoms. The molecule has 166 valence electrons. The Labute approximate surface area is 184 Å². The number of nitrogens with one attached hydrogen (secondary N) is 1. The molecule has 0 unspecified atom stereocenters. The van der Waals surface area contributed by atoms with Crippen LogP contribution < -0.4 is 10.4 Å². The summed E-state index contributed by atoms with van der Waals surface area (Å²) in [6.07, 6.45) is 4.27. The molecule has 0 bridgehead atoms. The van der Waals surface area contributed by atoms with Gasteiger partial charge in [0.2, 0.25) is 10.0 Å². The first-order valence-electron chi connectivity index (χ1n) is 10.2. The largest absolute Gasteiger partial charge is 0.395 e. The quantitative estimate of drug-likeness (QED) is 0.739. The van der Waals surface area contributed by atoms with E-state index in [4.69, 9.17) is 0 Å². The fourth-order valence-corrected chi connectivity index (χ4v) is 5.85. The van der Waals surface area contributed by atoms with Crippen molar-refractivity contribution in [3.8, 4) is 0 Å². The standard InChI is InChI=1S/C23H21F2N3O3S/c24-16-1-5-18(6-2-16)28-23-11-15-9-10-27(13-21(15)22(14-29)20(23)12-26-28)32(30,31)19-7-3-17(25)4-8-19/h1-8,11-12,22,26,29H,9-10,13-14H2/t22-/m0/s1. The Morgan fingerprint density at radius 2 is 1.69 bits per heavy atom. The van der Waals surface area contributed by atoms with Gasteiger partial charge >= 0.3 is 0 Å². The average Bonchev–Trinajstić information content (AvgIpc) is 3.21. The Kier molecular flexibility index (Phi) is 5.11. The van der Waals surface area contributed by atoms with Gasteiger partial charge in [-0.1, -0.05) is 0 Å². The van der Waals surface area contributed by atoms with Gasteiger partial charge in [-0.2, -0.15) is 4.31 Å². The lowest BCUT2D eigenvalue weighted by molar-refractivity contribution is 0.255. The van der Waals surface area contributed by atoms with Crippen LogP contribution in [0, 0.1) is 17.6 Å². The van der Waals surface area contributed by atoms with Crippen LogP contribution in [-0.2, 0) is 10.0 Å². The van der Waals surface area contributed by atoms with Gasteiger partial charge in [-0.15, -0.1) is 0 Å². The molecule has 9 heteroatoms. The smallest absolute Gasteiger partial charge is 0.243 e. The van der Waals surface area contributed by atoms with Crippen molar-refractivity contribution >= 4 is 15.7 Å². The number of allylic oxidation sites excluding steroid dienone is 2. The van der Waals surface area contributed by atoms with E-state index < -0.39 is 15.8 Å². The van der Waals surface area contributed by atoms with Gasteiger partial charge in [-0.25, -0.2) is 17.2 Å². The van der Waals surface area contributed by atoms with Crippen LogP contribution in [-0.4, -0.2) is 37.5 Å². The third-order valence-corrected chi connectivity index (χ3v) is 7.96. The Hall–Kier alpha value is -3.01. The summed E-state index contributed by atoms with van der Waals surface area (Å²) in [5.74, 6) is -1.19. The lowest BCUT2D eigenvalue weighted by atomic mass is 9.80. The van der Waals surface area contributed by atoms with E-state index in [0.29, 0.717) is 6.42 Å². The molecule has 2 aromatic carbocycles. The van der Waals surface area contributed by atoms with Crippen molar-refractivity contribution in [2.75, 3.05) is 24.7 Å². The molecule has 3 aliphatic rings. The Bertz CT molecular complexity index is 1250. The highest BCUT2D eigenvalue weighted by Crippen LogP contribution is 2.42. The number of hydrazine groups is 1. The van der Waals surface area contributed by atoms with Crippen molar-refractivity contribution in [3.63, 3.8) is 0 Å². The van der Waals surface area contributed by atoms with Crippen molar-refractivity contribution in [2.45, 2.75) is 11.3 Å². The summed E-state index contributed by atoms with van der Waals surface area (Å²) < 4.78 is 54.2. The first kappa shape index (κ1) is 20.9. The van der Waals surface area contributed by atoms with Crippen molar-refractivity contribution in [2.24, 2.45) is 5.92 Å². The number of anilines is 1. The van der Waals surface area contributed by atoms with Crippen LogP contribution in [0.5, 0.6) is 0 Å².